The highest BCUT2D eigenvalue weighted by atomic mass is 16.3. The number of benzene rings is 22. The highest BCUT2D eigenvalue weighted by Crippen LogP contribution is 2.56. The van der Waals surface area contributed by atoms with E-state index in [2.05, 4.69) is 444 Å². The highest BCUT2D eigenvalue weighted by molar-refractivity contribution is 6.14. The number of nitrogens with zero attached hydrogens (tertiary/aromatic N) is 2. The number of furan rings is 6. The van der Waals surface area contributed by atoms with Crippen LogP contribution in [-0.4, -0.2) is 0 Å². The third kappa shape index (κ3) is 13.7. The summed E-state index contributed by atoms with van der Waals surface area (Å²) in [6.45, 7) is 9.53. The van der Waals surface area contributed by atoms with E-state index in [1.54, 1.807) is 0 Å². The molecule has 28 aromatic rings. The van der Waals surface area contributed by atoms with Crippen LogP contribution in [0.4, 0.5) is 34.1 Å². The van der Waals surface area contributed by atoms with E-state index >= 15 is 0 Å². The molecule has 0 atom stereocenters. The van der Waals surface area contributed by atoms with E-state index in [0.717, 1.165) is 221 Å². The van der Waals surface area contributed by atoms with Crippen molar-refractivity contribution >= 4 is 166 Å². The molecule has 22 aromatic carbocycles. The predicted molar refractivity (Wildman–Crippen MR) is 605 cm³/mol. The minimum absolute atomic E-state index is 0.265. The van der Waals surface area contributed by atoms with Crippen LogP contribution in [0.3, 0.4) is 0 Å². The van der Waals surface area contributed by atoms with Gasteiger partial charge in [-0.1, -0.05) is 331 Å². The molecule has 8 heteroatoms. The molecule has 146 heavy (non-hydrogen) atoms. The molecule has 8 nitrogen and oxygen atoms in total. The Bertz CT molecular complexity index is 9760. The zero-order chi connectivity index (χ0) is 96.7. The average molecular weight is 1870 g/mol. The number of anilines is 6. The number of rotatable bonds is 14. The molecule has 30 rings (SSSR count). The summed E-state index contributed by atoms with van der Waals surface area (Å²) in [6.07, 6.45) is 0. The van der Waals surface area contributed by atoms with Crippen LogP contribution in [0.2, 0.25) is 0 Å². The average Bonchev–Trinajstić information content (AvgIpc) is 1.56. The van der Waals surface area contributed by atoms with Gasteiger partial charge in [0.2, 0.25) is 0 Å². The standard InChI is InChI=1S/C72H49NO3.C66H41NO3/c1-71(2)61-38-45(43-24-34-68-59(36-43)56-13-6-8-17-65(56)74-68)22-30-51(61)53-32-28-48(40-63(53)71)73(47-26-20-42(21-27-47)50-15-11-16-58-55-12-5-10-19-67(55)76-70(50)58)49-29-33-54-52-31-23-46(39-62(52)72(3,4)64(54)41-49)44-25-35-69-60(37-44)57-14-7-9-18-66(57)75-69;1-6-15-63-55(8-1)58-12-7-11-54(66(58)70-63)48-28-36-53(37-29-48)67(51-32-24-44(25-33-51)42-16-20-46(21-17-42)49-30-38-64-59(40-49)56-9-2-4-13-61(56)68-64)52-34-26-45(27-35-52)43-18-22-47(23-19-43)50-31-39-65-60(41-50)57-10-3-5-14-62(57)69-65/h5-41H,1-4H3;1-41H. The molecule has 0 aliphatic heterocycles. The van der Waals surface area contributed by atoms with Crippen LogP contribution in [0.25, 0.3) is 243 Å². The summed E-state index contributed by atoms with van der Waals surface area (Å²) < 4.78 is 37.6. The second-order valence-electron chi connectivity index (χ2n) is 40.0. The molecule has 0 radical (unpaired) electrons. The number of para-hydroxylation sites is 8. The molecule has 0 fully saturated rings. The fourth-order valence-corrected chi connectivity index (χ4v) is 23.5. The van der Waals surface area contributed by atoms with Crippen molar-refractivity contribution in [3.63, 3.8) is 0 Å². The summed E-state index contributed by atoms with van der Waals surface area (Å²) in [4.78, 5) is 4.78. The van der Waals surface area contributed by atoms with Gasteiger partial charge in [-0.2, -0.15) is 0 Å². The van der Waals surface area contributed by atoms with Gasteiger partial charge in [-0.25, -0.2) is 0 Å². The monoisotopic (exact) mass is 1870 g/mol. The van der Waals surface area contributed by atoms with Crippen molar-refractivity contribution in [1.29, 1.82) is 0 Å². The number of fused-ring (bicyclic) bond motifs is 24. The molecule has 0 amide bonds. The summed E-state index contributed by atoms with van der Waals surface area (Å²) >= 11 is 0. The van der Waals surface area contributed by atoms with E-state index in [9.17, 15) is 0 Å². The third-order valence-electron chi connectivity index (χ3n) is 31.0. The zero-order valence-corrected chi connectivity index (χ0v) is 80.4. The number of hydrogen-bond donors (Lipinski definition) is 0. The van der Waals surface area contributed by atoms with E-state index in [1.807, 2.05) is 66.7 Å². The molecule has 6 aromatic heterocycles. The molecule has 0 spiro atoms. The zero-order valence-electron chi connectivity index (χ0n) is 80.4. The Balaban J connectivity index is 0.000000139. The predicted octanol–water partition coefficient (Wildman–Crippen LogP) is 39.7. The first-order chi connectivity index (χ1) is 71.8. The van der Waals surface area contributed by atoms with Gasteiger partial charge in [-0.05, 0) is 292 Å². The lowest BCUT2D eigenvalue weighted by atomic mass is 9.81. The molecular weight excluding hydrogens is 1780 g/mol. The Labute approximate surface area is 841 Å². The van der Waals surface area contributed by atoms with Crippen molar-refractivity contribution < 1.29 is 26.5 Å². The fourth-order valence-electron chi connectivity index (χ4n) is 23.5. The lowest BCUT2D eigenvalue weighted by Crippen LogP contribution is -2.18. The largest absolute Gasteiger partial charge is 0.456 e. The van der Waals surface area contributed by atoms with Gasteiger partial charge in [0, 0.05) is 121 Å². The van der Waals surface area contributed by atoms with Gasteiger partial charge in [-0.3, -0.25) is 0 Å². The summed E-state index contributed by atoms with van der Waals surface area (Å²) in [6, 6.07) is 170. The first-order valence-electron chi connectivity index (χ1n) is 50.1. The molecule has 688 valence electrons. The second-order valence-corrected chi connectivity index (χ2v) is 40.0. The van der Waals surface area contributed by atoms with E-state index in [4.69, 9.17) is 26.5 Å². The maximum absolute atomic E-state index is 6.54. The third-order valence-corrected chi connectivity index (χ3v) is 31.0. The second kappa shape index (κ2) is 32.9. The molecule has 2 aliphatic carbocycles. The van der Waals surface area contributed by atoms with Crippen LogP contribution >= 0.6 is 0 Å². The quantitative estimate of drug-likeness (QED) is 0.106. The van der Waals surface area contributed by atoms with Gasteiger partial charge >= 0.3 is 0 Å². The van der Waals surface area contributed by atoms with Crippen molar-refractivity contribution in [2.45, 2.75) is 38.5 Å². The van der Waals surface area contributed by atoms with Gasteiger partial charge in [0.1, 0.15) is 67.0 Å². The van der Waals surface area contributed by atoms with Gasteiger partial charge in [0.25, 0.3) is 0 Å². The molecule has 6 heterocycles. The Morgan fingerprint density at radius 1 is 0.137 bits per heavy atom. The van der Waals surface area contributed by atoms with Crippen LogP contribution in [0.1, 0.15) is 49.9 Å². The van der Waals surface area contributed by atoms with Gasteiger partial charge in [0.05, 0.1) is 0 Å². The Hall–Kier alpha value is -18.8. The van der Waals surface area contributed by atoms with Crippen LogP contribution in [0.15, 0.2) is 500 Å². The van der Waals surface area contributed by atoms with E-state index < -0.39 is 0 Å². The van der Waals surface area contributed by atoms with Crippen molar-refractivity contribution in [2.75, 3.05) is 9.80 Å². The lowest BCUT2D eigenvalue weighted by molar-refractivity contribution is 0.660. The molecule has 0 unspecified atom stereocenters. The molecular formula is C138H90N2O6. The summed E-state index contributed by atoms with van der Waals surface area (Å²) in [5.41, 5.74) is 45.7. The van der Waals surface area contributed by atoms with Crippen LogP contribution < -0.4 is 9.80 Å². The SMILES string of the molecule is CC1(C)c2cc(-c3ccc4oc5ccccc5c4c3)ccc2-c2ccc(N(c3ccc(-c4cccc5c4oc4ccccc45)cc3)c3ccc4c(c3)C(C)(C)c3cc(-c5ccc6oc7ccccc7c6c5)ccc3-4)cc21.c1ccc2c(c1)oc1ccc(-c3ccc(-c4ccc(N(c5ccc(-c6ccc(-c7ccc8oc9ccccc9c8c7)cc6)cc5)c5ccc(-c6cccc7c6oc6ccccc67)cc5)cc4)cc3)cc12. The van der Waals surface area contributed by atoms with Crippen LogP contribution in [0, 0.1) is 0 Å². The maximum Gasteiger partial charge on any atom is 0.143 e. The van der Waals surface area contributed by atoms with Crippen molar-refractivity contribution in [2.24, 2.45) is 0 Å². The Morgan fingerprint density at radius 2 is 0.336 bits per heavy atom. The minimum Gasteiger partial charge on any atom is -0.456 e. The Morgan fingerprint density at radius 3 is 0.644 bits per heavy atom. The summed E-state index contributed by atoms with van der Waals surface area (Å²) in [7, 11) is 0. The van der Waals surface area contributed by atoms with Crippen LogP contribution in [-0.2, 0) is 10.8 Å². The highest BCUT2D eigenvalue weighted by Gasteiger charge is 2.40. The van der Waals surface area contributed by atoms with Gasteiger partial charge in [-0.15, -0.1) is 0 Å². The van der Waals surface area contributed by atoms with Gasteiger partial charge < -0.3 is 36.3 Å². The van der Waals surface area contributed by atoms with E-state index in [-0.39, 0.29) is 10.8 Å². The first kappa shape index (κ1) is 84.1. The first-order valence-corrected chi connectivity index (χ1v) is 50.1. The van der Waals surface area contributed by atoms with Crippen molar-refractivity contribution in [3.05, 3.63) is 495 Å². The summed E-state index contributed by atoms with van der Waals surface area (Å²) in [5.74, 6) is 0. The molecule has 0 N–H and O–H groups in total. The van der Waals surface area contributed by atoms with Crippen LogP contribution in [0.5, 0.6) is 0 Å². The number of hydrogen-bond acceptors (Lipinski definition) is 8. The van der Waals surface area contributed by atoms with E-state index in [0.29, 0.717) is 0 Å². The minimum atomic E-state index is -0.265. The topological polar surface area (TPSA) is 85.3 Å². The van der Waals surface area contributed by atoms with Crippen molar-refractivity contribution in [1.82, 2.24) is 0 Å². The summed E-state index contributed by atoms with van der Waals surface area (Å²) in [5, 5.41) is 13.6. The molecule has 0 saturated carbocycles. The molecule has 0 saturated heterocycles. The lowest BCUT2D eigenvalue weighted by Gasteiger charge is -2.30. The smallest absolute Gasteiger partial charge is 0.143 e. The fraction of sp³-hybridized carbons (Fsp3) is 0.0435. The molecule has 2 aliphatic rings. The Kier molecular flexibility index (Phi) is 19.0. The van der Waals surface area contributed by atoms with Crippen molar-refractivity contribution in [3.8, 4) is 111 Å². The maximum atomic E-state index is 6.54. The normalized spacial score (nSPS) is 12.9. The van der Waals surface area contributed by atoms with Gasteiger partial charge in [0.15, 0.2) is 0 Å². The van der Waals surface area contributed by atoms with E-state index in [1.165, 1.54) is 77.9 Å². The molecule has 0 bridgehead atoms.